The minimum atomic E-state index is -0.233. The molecule has 2 heterocycles. The van der Waals surface area contributed by atoms with Gasteiger partial charge >= 0.3 is 0 Å². The van der Waals surface area contributed by atoms with E-state index in [0.717, 1.165) is 54.5 Å². The summed E-state index contributed by atoms with van der Waals surface area (Å²) in [4.78, 5) is 28.1. The third-order valence-corrected chi connectivity index (χ3v) is 6.68. The van der Waals surface area contributed by atoms with E-state index in [1.54, 1.807) is 0 Å². The number of ether oxygens (including phenoxy) is 2. The number of nitrogens with zero attached hydrogens (tertiary/aromatic N) is 1. The normalized spacial score (nSPS) is 20.3. The zero-order valence-electron chi connectivity index (χ0n) is 19.2. The minimum Gasteiger partial charge on any atom is -0.491 e. The molecule has 3 aromatic rings. The number of benzene rings is 3. The van der Waals surface area contributed by atoms with Crippen LogP contribution in [0.1, 0.15) is 36.0 Å². The number of hydrogen-bond acceptors (Lipinski definition) is 4. The smallest absolute Gasteiger partial charge is 0.254 e. The fourth-order valence-electron chi connectivity index (χ4n) is 4.80. The Morgan fingerprint density at radius 2 is 1.79 bits per heavy atom. The molecule has 2 amide bonds. The molecule has 0 radical (unpaired) electrons. The number of piperidine rings is 1. The van der Waals surface area contributed by atoms with Crippen LogP contribution in [0.2, 0.25) is 0 Å². The first-order valence-electron chi connectivity index (χ1n) is 12.1. The average molecular weight is 459 g/mol. The molecule has 1 N–H and O–H groups in total. The second-order valence-corrected chi connectivity index (χ2v) is 9.08. The van der Waals surface area contributed by atoms with Gasteiger partial charge in [-0.15, -0.1) is 0 Å². The first-order valence-corrected chi connectivity index (χ1v) is 12.1. The number of anilines is 1. The summed E-state index contributed by atoms with van der Waals surface area (Å²) < 4.78 is 11.4. The van der Waals surface area contributed by atoms with Crippen molar-refractivity contribution in [1.29, 1.82) is 0 Å². The van der Waals surface area contributed by atoms with Crippen molar-refractivity contribution in [3.05, 3.63) is 72.3 Å². The second kappa shape index (κ2) is 10.3. The molecule has 5 rings (SSSR count). The Morgan fingerprint density at radius 1 is 0.971 bits per heavy atom. The Morgan fingerprint density at radius 3 is 2.62 bits per heavy atom. The SMILES string of the molecule is O=C(Nc1ccc(OCC2CCCO2)cc1)C1CCCN(C(=O)c2cccc3ccccc23)C1. The summed E-state index contributed by atoms with van der Waals surface area (Å²) in [5.41, 5.74) is 1.42. The van der Waals surface area contributed by atoms with Gasteiger partial charge in [0.1, 0.15) is 12.4 Å². The lowest BCUT2D eigenvalue weighted by atomic mass is 9.95. The maximum atomic E-state index is 13.3. The quantitative estimate of drug-likeness (QED) is 0.571. The Hall–Kier alpha value is -3.38. The van der Waals surface area contributed by atoms with E-state index in [9.17, 15) is 9.59 Å². The third-order valence-electron chi connectivity index (χ3n) is 6.68. The van der Waals surface area contributed by atoms with Crippen LogP contribution in [-0.4, -0.2) is 49.1 Å². The van der Waals surface area contributed by atoms with Crippen molar-refractivity contribution in [1.82, 2.24) is 4.90 Å². The highest BCUT2D eigenvalue weighted by Gasteiger charge is 2.29. The van der Waals surface area contributed by atoms with Gasteiger partial charge in [-0.1, -0.05) is 36.4 Å². The van der Waals surface area contributed by atoms with Crippen LogP contribution in [0, 0.1) is 5.92 Å². The number of likely N-dealkylation sites (tertiary alicyclic amines) is 1. The fraction of sp³-hybridized carbons (Fsp3) is 0.357. The van der Waals surface area contributed by atoms with Gasteiger partial charge < -0.3 is 19.7 Å². The summed E-state index contributed by atoms with van der Waals surface area (Å²) in [6.07, 6.45) is 3.88. The predicted octanol–water partition coefficient (Wildman–Crippen LogP) is 4.89. The number of amides is 2. The van der Waals surface area contributed by atoms with Gasteiger partial charge in [-0.05, 0) is 66.8 Å². The van der Waals surface area contributed by atoms with E-state index in [1.807, 2.05) is 71.6 Å². The van der Waals surface area contributed by atoms with E-state index in [-0.39, 0.29) is 23.8 Å². The largest absolute Gasteiger partial charge is 0.491 e. The fourth-order valence-corrected chi connectivity index (χ4v) is 4.80. The van der Waals surface area contributed by atoms with Gasteiger partial charge in [0.15, 0.2) is 0 Å². The van der Waals surface area contributed by atoms with Crippen molar-refractivity contribution in [2.75, 3.05) is 31.6 Å². The summed E-state index contributed by atoms with van der Waals surface area (Å²) in [5.74, 6) is 0.464. The van der Waals surface area contributed by atoms with E-state index >= 15 is 0 Å². The lowest BCUT2D eigenvalue weighted by molar-refractivity contribution is -0.121. The molecule has 0 aliphatic carbocycles. The van der Waals surface area contributed by atoms with E-state index in [1.165, 1.54) is 0 Å². The molecule has 0 spiro atoms. The van der Waals surface area contributed by atoms with Crippen LogP contribution in [0.25, 0.3) is 10.8 Å². The molecule has 0 bridgehead atoms. The second-order valence-electron chi connectivity index (χ2n) is 9.08. The third kappa shape index (κ3) is 5.07. The van der Waals surface area contributed by atoms with Crippen LogP contribution in [0.4, 0.5) is 5.69 Å². The maximum Gasteiger partial charge on any atom is 0.254 e. The van der Waals surface area contributed by atoms with Gasteiger partial charge in [-0.25, -0.2) is 0 Å². The van der Waals surface area contributed by atoms with Crippen LogP contribution >= 0.6 is 0 Å². The monoisotopic (exact) mass is 458 g/mol. The number of fused-ring (bicyclic) bond motifs is 1. The molecule has 6 heteroatoms. The standard InChI is InChI=1S/C28H30N2O4/c31-27(29-22-12-14-23(15-13-22)34-19-24-9-5-17-33-24)21-8-4-16-30(18-21)28(32)26-11-3-7-20-6-1-2-10-25(20)26/h1-3,6-7,10-15,21,24H,4-5,8-9,16-19H2,(H,29,31). The van der Waals surface area contributed by atoms with Gasteiger partial charge in [0, 0.05) is 30.9 Å². The summed E-state index contributed by atoms with van der Waals surface area (Å²) in [5, 5.41) is 5.00. The van der Waals surface area contributed by atoms with Gasteiger partial charge in [-0.2, -0.15) is 0 Å². The Bertz CT molecular complexity index is 1150. The highest BCUT2D eigenvalue weighted by Crippen LogP contribution is 2.25. The molecular weight excluding hydrogens is 428 g/mol. The molecule has 176 valence electrons. The van der Waals surface area contributed by atoms with Crippen LogP contribution in [0.5, 0.6) is 5.75 Å². The van der Waals surface area contributed by atoms with Gasteiger partial charge in [0.25, 0.3) is 5.91 Å². The Kier molecular flexibility index (Phi) is 6.77. The van der Waals surface area contributed by atoms with Crippen molar-refractivity contribution >= 4 is 28.3 Å². The predicted molar refractivity (Wildman–Crippen MR) is 132 cm³/mol. The van der Waals surface area contributed by atoms with Crippen molar-refractivity contribution in [3.8, 4) is 5.75 Å². The number of carbonyl (C=O) groups is 2. The molecule has 2 aliphatic rings. The van der Waals surface area contributed by atoms with Crippen molar-refractivity contribution < 1.29 is 19.1 Å². The van der Waals surface area contributed by atoms with Crippen LogP contribution < -0.4 is 10.1 Å². The van der Waals surface area contributed by atoms with E-state index < -0.39 is 0 Å². The van der Waals surface area contributed by atoms with E-state index in [2.05, 4.69) is 5.32 Å². The zero-order valence-corrected chi connectivity index (χ0v) is 19.2. The first-order chi connectivity index (χ1) is 16.7. The molecule has 2 fully saturated rings. The zero-order chi connectivity index (χ0) is 23.3. The molecule has 34 heavy (non-hydrogen) atoms. The lowest BCUT2D eigenvalue weighted by Crippen LogP contribution is -2.43. The maximum absolute atomic E-state index is 13.3. The van der Waals surface area contributed by atoms with Gasteiger partial charge in [0.2, 0.25) is 5.91 Å². The highest BCUT2D eigenvalue weighted by molar-refractivity contribution is 6.07. The van der Waals surface area contributed by atoms with Gasteiger partial charge in [-0.3, -0.25) is 9.59 Å². The van der Waals surface area contributed by atoms with Crippen LogP contribution in [0.15, 0.2) is 66.7 Å². The highest BCUT2D eigenvalue weighted by atomic mass is 16.5. The molecule has 0 saturated carbocycles. The Balaban J connectivity index is 1.19. The molecule has 2 saturated heterocycles. The van der Waals surface area contributed by atoms with Gasteiger partial charge in [0.05, 0.1) is 12.0 Å². The molecule has 2 aliphatic heterocycles. The van der Waals surface area contributed by atoms with Crippen LogP contribution in [-0.2, 0) is 9.53 Å². The number of carbonyl (C=O) groups excluding carboxylic acids is 2. The van der Waals surface area contributed by atoms with Crippen molar-refractivity contribution in [3.63, 3.8) is 0 Å². The minimum absolute atomic E-state index is 0.0120. The first kappa shape index (κ1) is 22.4. The van der Waals surface area contributed by atoms with Crippen molar-refractivity contribution in [2.24, 2.45) is 5.92 Å². The number of rotatable bonds is 6. The summed E-state index contributed by atoms with van der Waals surface area (Å²) in [6.45, 7) is 2.46. The van der Waals surface area contributed by atoms with E-state index in [0.29, 0.717) is 25.3 Å². The average Bonchev–Trinajstić information content (AvgIpc) is 3.41. The Labute approximate surface area is 199 Å². The number of hydrogen-bond donors (Lipinski definition) is 1. The molecular formula is C28H30N2O4. The molecule has 2 atom stereocenters. The van der Waals surface area contributed by atoms with E-state index in [4.69, 9.17) is 9.47 Å². The molecule has 3 aromatic carbocycles. The topological polar surface area (TPSA) is 67.9 Å². The lowest BCUT2D eigenvalue weighted by Gasteiger charge is -2.32. The summed E-state index contributed by atoms with van der Waals surface area (Å²) in [7, 11) is 0. The molecule has 2 unspecified atom stereocenters. The summed E-state index contributed by atoms with van der Waals surface area (Å²) >= 11 is 0. The molecule has 0 aromatic heterocycles. The molecule has 6 nitrogen and oxygen atoms in total. The van der Waals surface area contributed by atoms with Crippen molar-refractivity contribution in [2.45, 2.75) is 31.8 Å². The summed E-state index contributed by atoms with van der Waals surface area (Å²) in [6, 6.07) is 21.1. The number of nitrogens with one attached hydrogen (secondary N) is 1. The van der Waals surface area contributed by atoms with Crippen LogP contribution in [0.3, 0.4) is 0 Å².